The fourth-order valence-corrected chi connectivity index (χ4v) is 7.47. The molecule has 20 nitrogen and oxygen atoms in total. The predicted molar refractivity (Wildman–Crippen MR) is 263 cm³/mol. The van der Waals surface area contributed by atoms with Gasteiger partial charge in [-0.2, -0.15) is 0 Å². The van der Waals surface area contributed by atoms with E-state index in [0.29, 0.717) is 16.7 Å². The minimum Gasteiger partial charge on any atom is -0.508 e. The number of rotatable bonds is 25. The number of nitrogens with zero attached hydrogens (tertiary/aromatic N) is 1. The molecule has 1 aromatic heterocycles. The third kappa shape index (κ3) is 16.2. The molecule has 0 saturated heterocycles. The lowest BCUT2D eigenvalue weighted by Gasteiger charge is -2.28. The molecule has 0 spiro atoms. The van der Waals surface area contributed by atoms with Gasteiger partial charge < -0.3 is 64.3 Å². The van der Waals surface area contributed by atoms with E-state index in [1.165, 1.54) is 38.1 Å². The number of carbonyl (C=O) groups is 7. The van der Waals surface area contributed by atoms with Gasteiger partial charge in [-0.15, -0.1) is 0 Å². The summed E-state index contributed by atoms with van der Waals surface area (Å²) >= 11 is 0. The predicted octanol–water partition coefficient (Wildman–Crippen LogP) is 0.558. The number of nitrogens with two attached hydrogens (primary N) is 3. The maximum absolute atomic E-state index is 14.7. The molecule has 0 fully saturated rings. The molecule has 4 aromatic carbocycles. The standard InChI is InChI=1S/C50H61N11O9/c1-29(51)43(63)58-40(24-31-12-5-3-6-13-31)47(67)60-41(25-32-14-7-4-8-15-32)46(66)57-38(18-11-23-54-50(52)53)44(64)61-42(27-34-28-55-37-17-10-9-16-36(34)37)48(68)59-39(45(65)56-30(2)49(69)70)26-33-19-21-35(62)22-20-33/h3-10,12-17,19-22,28-30,38-42,55,62H,11,18,23-27,51H2,1-2H3,(H,56,65)(H,57,66)(H,58,63)(H,59,68)(H,60,67)(H,61,64)(H,69,70)(H4,52,53,54)/t29-,30-,38-,39-,40-,41-,42-/m0/s1. The van der Waals surface area contributed by atoms with Crippen LogP contribution in [0.2, 0.25) is 0 Å². The number of carboxylic acids is 1. The van der Waals surface area contributed by atoms with Crippen LogP contribution in [0.5, 0.6) is 5.75 Å². The van der Waals surface area contributed by atoms with Crippen LogP contribution in [0.15, 0.2) is 120 Å². The molecule has 0 aliphatic heterocycles. The number of aliphatic imine (C=N–C) groups is 1. The zero-order chi connectivity index (χ0) is 50.7. The number of aromatic hydroxyl groups is 1. The topological polar surface area (TPSA) is 338 Å². The lowest BCUT2D eigenvalue weighted by atomic mass is 10.0. The van der Waals surface area contributed by atoms with Crippen LogP contribution in [0.25, 0.3) is 10.9 Å². The van der Waals surface area contributed by atoms with Gasteiger partial charge in [0.1, 0.15) is 42.0 Å². The Morgan fingerprint density at radius 1 is 0.557 bits per heavy atom. The van der Waals surface area contributed by atoms with Gasteiger partial charge in [0.25, 0.3) is 0 Å². The van der Waals surface area contributed by atoms with Crippen LogP contribution >= 0.6 is 0 Å². The highest BCUT2D eigenvalue weighted by molar-refractivity contribution is 5.97. The summed E-state index contributed by atoms with van der Waals surface area (Å²) in [5.74, 6) is -6.07. The Morgan fingerprint density at radius 2 is 0.986 bits per heavy atom. The van der Waals surface area contributed by atoms with Crippen LogP contribution in [0.1, 0.15) is 48.9 Å². The van der Waals surface area contributed by atoms with Crippen molar-refractivity contribution in [2.45, 2.75) is 94.7 Å². The number of aromatic nitrogens is 1. The SMILES string of the molecule is C[C@H](N)C(=O)N[C@@H](Cc1ccccc1)C(=O)N[C@@H](Cc1ccccc1)C(=O)N[C@@H](CCCN=C(N)N)C(=O)N[C@@H](Cc1c[nH]c2ccccc12)C(=O)N[C@@H](Cc1ccc(O)cc1)C(=O)N[C@@H](C)C(=O)O. The largest absolute Gasteiger partial charge is 0.508 e. The first-order valence-electron chi connectivity index (χ1n) is 22.7. The summed E-state index contributed by atoms with van der Waals surface area (Å²) in [4.78, 5) is 103. The number of guanidine groups is 1. The van der Waals surface area contributed by atoms with E-state index in [1.54, 1.807) is 72.9 Å². The Labute approximate surface area is 404 Å². The Morgan fingerprint density at radius 3 is 1.49 bits per heavy atom. The van der Waals surface area contributed by atoms with E-state index in [4.69, 9.17) is 17.2 Å². The minimum absolute atomic E-state index is 0.0311. The average molecular weight is 960 g/mol. The van der Waals surface area contributed by atoms with E-state index >= 15 is 0 Å². The number of hydrogen-bond acceptors (Lipinski definition) is 10. The monoisotopic (exact) mass is 959 g/mol. The van der Waals surface area contributed by atoms with Crippen LogP contribution in [0.3, 0.4) is 0 Å². The normalized spacial score (nSPS) is 14.0. The summed E-state index contributed by atoms with van der Waals surface area (Å²) in [5, 5.41) is 36.3. The summed E-state index contributed by atoms with van der Waals surface area (Å²) < 4.78 is 0. The molecule has 15 N–H and O–H groups in total. The number of amides is 6. The van der Waals surface area contributed by atoms with Crippen molar-refractivity contribution in [1.29, 1.82) is 0 Å². The molecular weight excluding hydrogens is 899 g/mol. The number of benzene rings is 4. The quantitative estimate of drug-likeness (QED) is 0.0217. The number of phenols is 1. The number of carbonyl (C=O) groups excluding carboxylic acids is 6. The van der Waals surface area contributed by atoms with E-state index < -0.39 is 83.7 Å². The second-order valence-corrected chi connectivity index (χ2v) is 16.9. The summed E-state index contributed by atoms with van der Waals surface area (Å²) in [6.07, 6.45) is 1.59. The van der Waals surface area contributed by atoms with E-state index in [2.05, 4.69) is 41.9 Å². The molecule has 0 unspecified atom stereocenters. The second-order valence-electron chi connectivity index (χ2n) is 16.9. The molecule has 370 valence electrons. The van der Waals surface area contributed by atoms with Gasteiger partial charge >= 0.3 is 5.97 Å². The van der Waals surface area contributed by atoms with Crippen molar-refractivity contribution in [2.24, 2.45) is 22.2 Å². The lowest BCUT2D eigenvalue weighted by molar-refractivity contribution is -0.141. The van der Waals surface area contributed by atoms with Gasteiger partial charge in [0.2, 0.25) is 35.4 Å². The number of hydrogen-bond donors (Lipinski definition) is 12. The van der Waals surface area contributed by atoms with Crippen molar-refractivity contribution >= 4 is 58.3 Å². The van der Waals surface area contributed by atoms with Crippen molar-refractivity contribution in [1.82, 2.24) is 36.9 Å². The average Bonchev–Trinajstić information content (AvgIpc) is 3.74. The molecule has 0 saturated carbocycles. The van der Waals surface area contributed by atoms with E-state index in [0.717, 1.165) is 16.5 Å². The number of fused-ring (bicyclic) bond motifs is 1. The summed E-state index contributed by atoms with van der Waals surface area (Å²) in [6.45, 7) is 2.80. The molecule has 0 radical (unpaired) electrons. The fraction of sp³-hybridized carbons (Fsp3) is 0.320. The number of nitrogens with one attached hydrogen (secondary N) is 7. The van der Waals surface area contributed by atoms with Gasteiger partial charge in [-0.05, 0) is 67.1 Å². The molecule has 0 bridgehead atoms. The van der Waals surface area contributed by atoms with Crippen molar-refractivity contribution in [2.75, 3.05) is 6.54 Å². The fourth-order valence-electron chi connectivity index (χ4n) is 7.47. The van der Waals surface area contributed by atoms with Crippen molar-refractivity contribution in [3.05, 3.63) is 138 Å². The first-order valence-corrected chi connectivity index (χ1v) is 22.7. The van der Waals surface area contributed by atoms with E-state index in [9.17, 15) is 43.8 Å². The highest BCUT2D eigenvalue weighted by Gasteiger charge is 2.34. The smallest absolute Gasteiger partial charge is 0.325 e. The maximum atomic E-state index is 14.7. The Bertz CT molecular complexity index is 2600. The molecule has 20 heteroatoms. The minimum atomic E-state index is -1.40. The second kappa shape index (κ2) is 25.8. The molecule has 1 heterocycles. The molecule has 5 aromatic rings. The van der Waals surface area contributed by atoms with Crippen LogP contribution in [-0.2, 0) is 59.2 Å². The highest BCUT2D eigenvalue weighted by atomic mass is 16.4. The summed E-state index contributed by atoms with van der Waals surface area (Å²) in [7, 11) is 0. The first kappa shape index (κ1) is 52.7. The molecule has 70 heavy (non-hydrogen) atoms. The maximum Gasteiger partial charge on any atom is 0.325 e. The molecular formula is C50H61N11O9. The molecule has 7 atom stereocenters. The van der Waals surface area contributed by atoms with Crippen molar-refractivity contribution < 1.29 is 43.8 Å². The number of carboxylic acid groups (broad SMARTS) is 1. The van der Waals surface area contributed by atoms with Gasteiger partial charge in [0, 0.05) is 49.3 Å². The van der Waals surface area contributed by atoms with Crippen LogP contribution < -0.4 is 49.1 Å². The Hall–Kier alpha value is -8.26. The molecule has 5 rings (SSSR count). The first-order chi connectivity index (χ1) is 33.5. The third-order valence-corrected chi connectivity index (χ3v) is 11.3. The van der Waals surface area contributed by atoms with Gasteiger partial charge in [-0.1, -0.05) is 91.0 Å². The summed E-state index contributed by atoms with van der Waals surface area (Å²) in [5.41, 5.74) is 20.3. The molecule has 0 aliphatic carbocycles. The summed E-state index contributed by atoms with van der Waals surface area (Å²) in [6, 6.07) is 22.1. The molecule has 0 aliphatic rings. The zero-order valence-electron chi connectivity index (χ0n) is 38.9. The van der Waals surface area contributed by atoms with Gasteiger partial charge in [-0.3, -0.25) is 38.6 Å². The lowest BCUT2D eigenvalue weighted by Crippen LogP contribution is -2.60. The Balaban J connectivity index is 1.47. The number of H-pyrrole nitrogens is 1. The number of aromatic amines is 1. The van der Waals surface area contributed by atoms with Crippen LogP contribution in [0, 0.1) is 0 Å². The van der Waals surface area contributed by atoms with Gasteiger partial charge in [0.05, 0.1) is 6.04 Å². The van der Waals surface area contributed by atoms with Crippen molar-refractivity contribution in [3.8, 4) is 5.75 Å². The highest BCUT2D eigenvalue weighted by Crippen LogP contribution is 2.20. The van der Waals surface area contributed by atoms with Gasteiger partial charge in [-0.25, -0.2) is 0 Å². The zero-order valence-corrected chi connectivity index (χ0v) is 38.9. The Kier molecular flexibility index (Phi) is 19.4. The van der Waals surface area contributed by atoms with Gasteiger partial charge in [0.15, 0.2) is 5.96 Å². The van der Waals surface area contributed by atoms with Crippen molar-refractivity contribution in [3.63, 3.8) is 0 Å². The van der Waals surface area contributed by atoms with Crippen LogP contribution in [0.4, 0.5) is 0 Å². The number of para-hydroxylation sites is 1. The number of aliphatic carboxylic acids is 1. The third-order valence-electron chi connectivity index (χ3n) is 11.3. The van der Waals surface area contributed by atoms with Crippen LogP contribution in [-0.4, -0.2) is 111 Å². The number of phenolic OH excluding ortho intramolecular Hbond substituents is 1. The van der Waals surface area contributed by atoms with E-state index in [-0.39, 0.29) is 56.8 Å². The molecule has 6 amide bonds. The van der Waals surface area contributed by atoms with E-state index in [1.807, 2.05) is 18.2 Å².